The van der Waals surface area contributed by atoms with Crippen LogP contribution in [0.15, 0.2) is 41.2 Å². The number of hydrogen-bond acceptors (Lipinski definition) is 6. The maximum atomic E-state index is 13.5. The third-order valence-electron chi connectivity index (χ3n) is 5.12. The molecule has 4 rings (SSSR count). The van der Waals surface area contributed by atoms with Crippen LogP contribution in [-0.2, 0) is 13.0 Å². The molecule has 8 nitrogen and oxygen atoms in total. The van der Waals surface area contributed by atoms with E-state index in [4.69, 9.17) is 4.74 Å². The minimum absolute atomic E-state index is 0.0590. The molecule has 154 valence electrons. The Kier molecular flexibility index (Phi) is 5.26. The van der Waals surface area contributed by atoms with E-state index < -0.39 is 28.1 Å². The largest absolute Gasteiger partial charge is 0.415 e. The van der Waals surface area contributed by atoms with Crippen molar-refractivity contribution in [1.82, 2.24) is 9.55 Å². The number of hydrogen-bond donors (Lipinski definition) is 0. The number of fused-ring (bicyclic) bond motifs is 2. The Balaban J connectivity index is 1.71. The number of esters is 1. The Morgan fingerprint density at radius 1 is 1.13 bits per heavy atom. The lowest BCUT2D eigenvalue weighted by Crippen LogP contribution is -2.26. The number of aromatic nitrogens is 2. The number of nitrogens with zero attached hydrogens (tertiary/aromatic N) is 3. The van der Waals surface area contributed by atoms with Crippen LogP contribution in [0.3, 0.4) is 0 Å². The molecule has 0 unspecified atom stereocenters. The molecule has 2 aromatic carbocycles. The summed E-state index contributed by atoms with van der Waals surface area (Å²) in [4.78, 5) is 40.3. The molecular formula is C21H18FN3O5. The number of aryl methyl sites for hydroxylation is 1. The van der Waals surface area contributed by atoms with Gasteiger partial charge in [-0.05, 0) is 37.1 Å². The molecule has 0 bridgehead atoms. The molecule has 0 saturated carbocycles. The molecular weight excluding hydrogens is 393 g/mol. The molecule has 3 aromatic rings. The molecule has 0 radical (unpaired) electrons. The second kappa shape index (κ2) is 8.02. The number of nitro groups is 1. The zero-order valence-electron chi connectivity index (χ0n) is 16.0. The van der Waals surface area contributed by atoms with E-state index in [0.717, 1.165) is 43.9 Å². The number of carbonyl (C=O) groups is 1. The molecule has 30 heavy (non-hydrogen) atoms. The zero-order chi connectivity index (χ0) is 21.3. The Morgan fingerprint density at radius 2 is 1.93 bits per heavy atom. The Labute approximate surface area is 170 Å². The Bertz CT molecular complexity index is 1220. The molecule has 2 heterocycles. The van der Waals surface area contributed by atoms with E-state index in [2.05, 4.69) is 4.98 Å². The first-order valence-corrected chi connectivity index (χ1v) is 9.63. The van der Waals surface area contributed by atoms with E-state index >= 15 is 0 Å². The van der Waals surface area contributed by atoms with Crippen LogP contribution in [-0.4, -0.2) is 20.4 Å². The van der Waals surface area contributed by atoms with Gasteiger partial charge in [-0.3, -0.25) is 19.5 Å². The molecule has 9 heteroatoms. The highest BCUT2D eigenvalue weighted by Crippen LogP contribution is 2.28. The third-order valence-corrected chi connectivity index (χ3v) is 5.12. The standard InChI is InChI=1S/C21H18FN3O5/c22-14-7-9-17(25(28)29)18(12-14)30-21(27)13-6-8-15-16(11-13)23-19-5-3-1-2-4-10-24(19)20(15)26/h6-9,11-12H,1-5,10H2. The van der Waals surface area contributed by atoms with Crippen molar-refractivity contribution in [3.63, 3.8) is 0 Å². The highest BCUT2D eigenvalue weighted by Gasteiger charge is 2.21. The summed E-state index contributed by atoms with van der Waals surface area (Å²) in [6.07, 6.45) is 4.67. The van der Waals surface area contributed by atoms with Crippen LogP contribution in [0, 0.1) is 15.9 Å². The zero-order valence-corrected chi connectivity index (χ0v) is 16.0. The quantitative estimate of drug-likeness (QED) is 0.281. The van der Waals surface area contributed by atoms with Gasteiger partial charge in [-0.25, -0.2) is 14.2 Å². The summed E-state index contributed by atoms with van der Waals surface area (Å²) >= 11 is 0. The average molecular weight is 411 g/mol. The van der Waals surface area contributed by atoms with Crippen LogP contribution >= 0.6 is 0 Å². The first-order chi connectivity index (χ1) is 14.4. The van der Waals surface area contributed by atoms with Crippen molar-refractivity contribution < 1.29 is 18.8 Å². The topological polar surface area (TPSA) is 104 Å². The molecule has 0 N–H and O–H groups in total. The molecule has 0 spiro atoms. The van der Waals surface area contributed by atoms with Crippen LogP contribution in [0.25, 0.3) is 10.9 Å². The van der Waals surface area contributed by atoms with Gasteiger partial charge in [0.2, 0.25) is 5.75 Å². The number of benzene rings is 2. The molecule has 0 aliphatic carbocycles. The van der Waals surface area contributed by atoms with Crippen LogP contribution < -0.4 is 10.3 Å². The first kappa shape index (κ1) is 19.7. The van der Waals surface area contributed by atoms with Crippen molar-refractivity contribution in [2.24, 2.45) is 0 Å². The van der Waals surface area contributed by atoms with Crippen molar-refractivity contribution in [1.29, 1.82) is 0 Å². The van der Waals surface area contributed by atoms with Gasteiger partial charge in [-0.1, -0.05) is 12.8 Å². The molecule has 0 atom stereocenters. The van der Waals surface area contributed by atoms with Crippen molar-refractivity contribution in [3.05, 3.63) is 74.1 Å². The second-order valence-corrected chi connectivity index (χ2v) is 7.14. The predicted octanol–water partition coefficient (Wildman–Crippen LogP) is 3.78. The van der Waals surface area contributed by atoms with Crippen molar-refractivity contribution in [2.75, 3.05) is 0 Å². The summed E-state index contributed by atoms with van der Waals surface area (Å²) in [5.74, 6) is -1.48. The summed E-state index contributed by atoms with van der Waals surface area (Å²) < 4.78 is 20.2. The Morgan fingerprint density at radius 3 is 2.73 bits per heavy atom. The fourth-order valence-electron chi connectivity index (χ4n) is 3.60. The molecule has 1 aromatic heterocycles. The number of ether oxygens (including phenoxy) is 1. The monoisotopic (exact) mass is 411 g/mol. The minimum Gasteiger partial charge on any atom is -0.415 e. The SMILES string of the molecule is O=C(Oc1cc(F)ccc1[N+](=O)[O-])c1ccc2c(=O)n3c(nc2c1)CCCCCC3. The van der Waals surface area contributed by atoms with E-state index in [1.165, 1.54) is 18.2 Å². The van der Waals surface area contributed by atoms with E-state index in [1.54, 1.807) is 4.57 Å². The summed E-state index contributed by atoms with van der Waals surface area (Å²) in [5.41, 5.74) is -0.264. The molecule has 1 aliphatic heterocycles. The summed E-state index contributed by atoms with van der Waals surface area (Å²) in [7, 11) is 0. The van der Waals surface area contributed by atoms with E-state index in [-0.39, 0.29) is 11.1 Å². The van der Waals surface area contributed by atoms with Crippen LogP contribution in [0.2, 0.25) is 0 Å². The fourth-order valence-corrected chi connectivity index (χ4v) is 3.60. The van der Waals surface area contributed by atoms with Crippen molar-refractivity contribution >= 4 is 22.6 Å². The van der Waals surface area contributed by atoms with Gasteiger partial charge in [-0.15, -0.1) is 0 Å². The lowest BCUT2D eigenvalue weighted by molar-refractivity contribution is -0.385. The number of nitro benzene ring substituents is 1. The first-order valence-electron chi connectivity index (χ1n) is 9.63. The fraction of sp³-hybridized carbons (Fsp3) is 0.286. The lowest BCUT2D eigenvalue weighted by atomic mass is 10.1. The maximum absolute atomic E-state index is 13.5. The van der Waals surface area contributed by atoms with Gasteiger partial charge in [0.05, 0.1) is 21.4 Å². The van der Waals surface area contributed by atoms with E-state index in [9.17, 15) is 24.1 Å². The molecule has 1 aliphatic rings. The normalized spacial score (nSPS) is 13.9. The van der Waals surface area contributed by atoms with Gasteiger partial charge >= 0.3 is 11.7 Å². The third kappa shape index (κ3) is 3.78. The Hall–Kier alpha value is -3.62. The van der Waals surface area contributed by atoms with Crippen LogP contribution in [0.4, 0.5) is 10.1 Å². The predicted molar refractivity (Wildman–Crippen MR) is 106 cm³/mol. The molecule has 0 saturated heterocycles. The van der Waals surface area contributed by atoms with E-state index in [1.807, 2.05) is 0 Å². The smallest absolute Gasteiger partial charge is 0.343 e. The second-order valence-electron chi connectivity index (χ2n) is 7.14. The van der Waals surface area contributed by atoms with Gasteiger partial charge in [0.25, 0.3) is 5.56 Å². The van der Waals surface area contributed by atoms with Crippen LogP contribution in [0.1, 0.15) is 41.9 Å². The number of halogens is 1. The number of rotatable bonds is 3. The lowest BCUT2D eigenvalue weighted by Gasteiger charge is -2.16. The summed E-state index contributed by atoms with van der Waals surface area (Å²) in [6.45, 7) is 0.615. The van der Waals surface area contributed by atoms with Gasteiger partial charge < -0.3 is 4.74 Å². The van der Waals surface area contributed by atoms with Gasteiger partial charge in [0.1, 0.15) is 11.6 Å². The minimum atomic E-state index is -0.903. The molecule has 0 fully saturated rings. The van der Waals surface area contributed by atoms with Gasteiger partial charge in [0.15, 0.2) is 0 Å². The van der Waals surface area contributed by atoms with Gasteiger partial charge in [0, 0.05) is 25.1 Å². The highest BCUT2D eigenvalue weighted by molar-refractivity contribution is 5.95. The average Bonchev–Trinajstić information content (AvgIpc) is 2.69. The van der Waals surface area contributed by atoms with Crippen molar-refractivity contribution in [2.45, 2.75) is 38.6 Å². The van der Waals surface area contributed by atoms with Crippen molar-refractivity contribution in [3.8, 4) is 5.75 Å². The van der Waals surface area contributed by atoms with E-state index in [0.29, 0.717) is 29.7 Å². The van der Waals surface area contributed by atoms with Crippen LogP contribution in [0.5, 0.6) is 5.75 Å². The molecule has 0 amide bonds. The van der Waals surface area contributed by atoms with Gasteiger partial charge in [-0.2, -0.15) is 0 Å². The highest BCUT2D eigenvalue weighted by atomic mass is 19.1. The summed E-state index contributed by atoms with van der Waals surface area (Å²) in [6, 6.07) is 6.94. The maximum Gasteiger partial charge on any atom is 0.343 e. The number of carbonyl (C=O) groups excluding carboxylic acids is 1. The summed E-state index contributed by atoms with van der Waals surface area (Å²) in [5, 5.41) is 11.5.